The molecule has 1 atom stereocenters. The van der Waals surface area contributed by atoms with Crippen molar-refractivity contribution in [3.05, 3.63) is 50.7 Å². The number of benzene rings is 1. The van der Waals surface area contributed by atoms with Crippen molar-refractivity contribution in [2.45, 2.75) is 33.1 Å². The highest BCUT2D eigenvalue weighted by Crippen LogP contribution is 2.32. The van der Waals surface area contributed by atoms with Crippen molar-refractivity contribution in [3.63, 3.8) is 0 Å². The predicted octanol–water partition coefficient (Wildman–Crippen LogP) is 3.68. The molecule has 0 amide bonds. The molecule has 2 rings (SSSR count). The lowest BCUT2D eigenvalue weighted by Gasteiger charge is -2.16. The standard InChI is InChI=1S/C17H15ClF4N2O4/c1-4-27-16(26)9(3)28-14-6-13(12(19)5-11(14)18)24-15(25)8(2)10(7-23-24)17(20,21)22/h5-7,9H,4H2,1-3H3. The van der Waals surface area contributed by atoms with Gasteiger partial charge < -0.3 is 9.47 Å². The Labute approximate surface area is 161 Å². The maximum absolute atomic E-state index is 14.3. The van der Waals surface area contributed by atoms with E-state index in [4.69, 9.17) is 21.1 Å². The summed E-state index contributed by atoms with van der Waals surface area (Å²) in [5, 5.41) is 3.19. The van der Waals surface area contributed by atoms with Gasteiger partial charge in [-0.1, -0.05) is 11.6 Å². The van der Waals surface area contributed by atoms with Gasteiger partial charge in [-0.2, -0.15) is 23.0 Å². The summed E-state index contributed by atoms with van der Waals surface area (Å²) in [5.41, 5.74) is -3.53. The molecule has 28 heavy (non-hydrogen) atoms. The Kier molecular flexibility index (Phi) is 6.33. The van der Waals surface area contributed by atoms with Crippen LogP contribution in [0.5, 0.6) is 5.75 Å². The molecule has 0 aliphatic carbocycles. The van der Waals surface area contributed by atoms with Crippen LogP contribution < -0.4 is 10.3 Å². The number of ether oxygens (including phenoxy) is 2. The van der Waals surface area contributed by atoms with Gasteiger partial charge in [0.2, 0.25) is 0 Å². The topological polar surface area (TPSA) is 70.4 Å². The summed E-state index contributed by atoms with van der Waals surface area (Å²) >= 11 is 5.90. The molecule has 0 N–H and O–H groups in total. The second kappa shape index (κ2) is 8.17. The summed E-state index contributed by atoms with van der Waals surface area (Å²) < 4.78 is 63.6. The van der Waals surface area contributed by atoms with Crippen molar-refractivity contribution >= 4 is 17.6 Å². The SMILES string of the molecule is CCOC(=O)C(C)Oc1cc(-n2ncc(C(F)(F)F)c(C)c2=O)c(F)cc1Cl. The Morgan fingerprint density at radius 2 is 2.00 bits per heavy atom. The van der Waals surface area contributed by atoms with Crippen molar-refractivity contribution in [1.82, 2.24) is 9.78 Å². The molecular formula is C17H15ClF4N2O4. The maximum Gasteiger partial charge on any atom is 0.418 e. The second-order valence-electron chi connectivity index (χ2n) is 5.64. The van der Waals surface area contributed by atoms with Gasteiger partial charge in [-0.15, -0.1) is 0 Å². The Morgan fingerprint density at radius 3 is 2.57 bits per heavy atom. The third-order valence-electron chi connectivity index (χ3n) is 3.68. The number of esters is 1. The molecule has 6 nitrogen and oxygen atoms in total. The molecule has 1 aromatic heterocycles. The Bertz CT molecular complexity index is 959. The number of nitrogens with zero attached hydrogens (tertiary/aromatic N) is 2. The van der Waals surface area contributed by atoms with Gasteiger partial charge in [0.15, 0.2) is 11.9 Å². The van der Waals surface area contributed by atoms with Crippen LogP contribution in [0.25, 0.3) is 5.69 Å². The van der Waals surface area contributed by atoms with Crippen LogP contribution in [0.1, 0.15) is 25.0 Å². The van der Waals surface area contributed by atoms with Crippen LogP contribution in [0.4, 0.5) is 17.6 Å². The molecule has 0 saturated carbocycles. The zero-order valence-electron chi connectivity index (χ0n) is 14.9. The summed E-state index contributed by atoms with van der Waals surface area (Å²) in [6, 6.07) is 1.76. The second-order valence-corrected chi connectivity index (χ2v) is 6.05. The lowest BCUT2D eigenvalue weighted by molar-refractivity contribution is -0.150. The minimum atomic E-state index is -4.78. The Hall–Kier alpha value is -2.62. The molecule has 0 spiro atoms. The fourth-order valence-electron chi connectivity index (χ4n) is 2.27. The number of halogens is 5. The molecular weight excluding hydrogens is 408 g/mol. The van der Waals surface area contributed by atoms with E-state index >= 15 is 0 Å². The first-order chi connectivity index (χ1) is 13.0. The van der Waals surface area contributed by atoms with Crippen LogP contribution >= 0.6 is 11.6 Å². The van der Waals surface area contributed by atoms with E-state index in [0.29, 0.717) is 10.9 Å². The largest absolute Gasteiger partial charge is 0.477 e. The van der Waals surface area contributed by atoms with Crippen molar-refractivity contribution in [2.75, 3.05) is 6.61 Å². The highest BCUT2D eigenvalue weighted by atomic mass is 35.5. The zero-order valence-corrected chi connectivity index (χ0v) is 15.7. The summed E-state index contributed by atoms with van der Waals surface area (Å²) in [5.74, 6) is -1.90. The molecule has 0 aliphatic heterocycles. The van der Waals surface area contributed by atoms with Crippen LogP contribution in [-0.4, -0.2) is 28.5 Å². The number of hydrogen-bond donors (Lipinski definition) is 0. The van der Waals surface area contributed by atoms with Gasteiger partial charge in [0, 0.05) is 11.6 Å². The van der Waals surface area contributed by atoms with Gasteiger partial charge >= 0.3 is 12.1 Å². The first-order valence-electron chi connectivity index (χ1n) is 7.96. The highest BCUT2D eigenvalue weighted by Gasteiger charge is 2.34. The van der Waals surface area contributed by atoms with E-state index in [-0.39, 0.29) is 17.4 Å². The van der Waals surface area contributed by atoms with Gasteiger partial charge in [-0.3, -0.25) is 4.79 Å². The molecule has 0 bridgehead atoms. The Morgan fingerprint density at radius 1 is 1.36 bits per heavy atom. The first kappa shape index (κ1) is 21.7. The fraction of sp³-hybridized carbons (Fsp3) is 0.353. The van der Waals surface area contributed by atoms with Crippen LogP contribution in [0.2, 0.25) is 5.02 Å². The van der Waals surface area contributed by atoms with E-state index < -0.39 is 46.4 Å². The van der Waals surface area contributed by atoms with E-state index in [1.165, 1.54) is 6.92 Å². The third-order valence-corrected chi connectivity index (χ3v) is 3.97. The van der Waals surface area contributed by atoms with Gasteiger partial charge in [-0.25, -0.2) is 9.18 Å². The zero-order chi connectivity index (χ0) is 21.2. The quantitative estimate of drug-likeness (QED) is 0.543. The van der Waals surface area contributed by atoms with Gasteiger partial charge in [-0.05, 0) is 26.8 Å². The number of aromatic nitrogens is 2. The van der Waals surface area contributed by atoms with Gasteiger partial charge in [0.1, 0.15) is 11.4 Å². The van der Waals surface area contributed by atoms with E-state index in [1.54, 1.807) is 6.92 Å². The highest BCUT2D eigenvalue weighted by molar-refractivity contribution is 6.32. The minimum absolute atomic E-state index is 0.110. The molecule has 1 heterocycles. The average Bonchev–Trinajstić information content (AvgIpc) is 2.59. The lowest BCUT2D eigenvalue weighted by atomic mass is 10.2. The number of hydrogen-bond acceptors (Lipinski definition) is 5. The fourth-order valence-corrected chi connectivity index (χ4v) is 2.46. The molecule has 0 aliphatic rings. The Balaban J connectivity index is 2.52. The van der Waals surface area contributed by atoms with Crippen molar-refractivity contribution in [1.29, 1.82) is 0 Å². The van der Waals surface area contributed by atoms with Crippen LogP contribution in [0, 0.1) is 12.7 Å². The summed E-state index contributed by atoms with van der Waals surface area (Å²) in [4.78, 5) is 24.0. The maximum atomic E-state index is 14.3. The van der Waals surface area contributed by atoms with E-state index in [9.17, 15) is 27.2 Å². The lowest BCUT2D eigenvalue weighted by Crippen LogP contribution is -2.28. The van der Waals surface area contributed by atoms with E-state index in [2.05, 4.69) is 5.10 Å². The summed E-state index contributed by atoms with van der Waals surface area (Å²) in [6.45, 7) is 4.03. The van der Waals surface area contributed by atoms with Crippen LogP contribution in [0.3, 0.4) is 0 Å². The average molecular weight is 423 g/mol. The van der Waals surface area contributed by atoms with Crippen LogP contribution in [-0.2, 0) is 15.7 Å². The normalized spacial score (nSPS) is 12.6. The molecule has 1 aromatic carbocycles. The summed E-state index contributed by atoms with van der Waals surface area (Å²) in [7, 11) is 0. The van der Waals surface area contributed by atoms with Crippen molar-refractivity contribution in [3.8, 4) is 11.4 Å². The molecule has 0 fully saturated rings. The first-order valence-corrected chi connectivity index (χ1v) is 8.34. The minimum Gasteiger partial charge on any atom is -0.477 e. The number of rotatable bonds is 5. The number of carbonyl (C=O) groups excluding carboxylic acids is 1. The number of carbonyl (C=O) groups is 1. The molecule has 0 saturated heterocycles. The predicted molar refractivity (Wildman–Crippen MR) is 91.3 cm³/mol. The number of alkyl halides is 3. The van der Waals surface area contributed by atoms with Gasteiger partial charge in [0.05, 0.1) is 23.4 Å². The van der Waals surface area contributed by atoms with E-state index in [1.807, 2.05) is 0 Å². The van der Waals surface area contributed by atoms with E-state index in [0.717, 1.165) is 19.1 Å². The smallest absolute Gasteiger partial charge is 0.418 e. The third kappa shape index (κ3) is 4.44. The summed E-state index contributed by atoms with van der Waals surface area (Å²) in [6.07, 6.45) is -5.46. The molecule has 152 valence electrons. The van der Waals surface area contributed by atoms with Crippen molar-refractivity contribution < 1.29 is 31.8 Å². The van der Waals surface area contributed by atoms with Crippen LogP contribution in [0.15, 0.2) is 23.1 Å². The monoisotopic (exact) mass is 422 g/mol. The molecule has 11 heteroatoms. The molecule has 1 unspecified atom stereocenters. The van der Waals surface area contributed by atoms with Gasteiger partial charge in [0.25, 0.3) is 5.56 Å². The molecule has 0 radical (unpaired) electrons. The van der Waals surface area contributed by atoms with Crippen molar-refractivity contribution in [2.24, 2.45) is 0 Å². The molecule has 2 aromatic rings.